The number of nitrogens with one attached hydrogen (secondary N) is 2. The van der Waals surface area contributed by atoms with E-state index in [4.69, 9.17) is 9.47 Å². The Kier molecular flexibility index (Phi) is 3.98. The van der Waals surface area contributed by atoms with E-state index < -0.39 is 6.10 Å². The summed E-state index contributed by atoms with van der Waals surface area (Å²) in [5.74, 6) is 1.37. The summed E-state index contributed by atoms with van der Waals surface area (Å²) >= 11 is 0. The Balaban J connectivity index is 1.65. The van der Waals surface area contributed by atoms with E-state index in [1.165, 1.54) is 0 Å². The zero-order chi connectivity index (χ0) is 14.8. The molecule has 0 aromatic heterocycles. The molecule has 6 heteroatoms. The van der Waals surface area contributed by atoms with Crippen LogP contribution < -0.4 is 20.1 Å². The van der Waals surface area contributed by atoms with Gasteiger partial charge in [-0.2, -0.15) is 0 Å². The molecule has 1 fully saturated rings. The van der Waals surface area contributed by atoms with Crippen molar-refractivity contribution in [3.8, 4) is 11.5 Å². The van der Waals surface area contributed by atoms with E-state index in [-0.39, 0.29) is 18.0 Å². The van der Waals surface area contributed by atoms with E-state index >= 15 is 0 Å². The highest BCUT2D eigenvalue weighted by atomic mass is 16.6. The number of amides is 1. The van der Waals surface area contributed by atoms with Gasteiger partial charge in [0, 0.05) is 6.54 Å². The Morgan fingerprint density at radius 2 is 2.14 bits per heavy atom. The van der Waals surface area contributed by atoms with E-state index in [9.17, 15) is 9.90 Å². The van der Waals surface area contributed by atoms with Crippen LogP contribution in [0, 0.1) is 0 Å². The van der Waals surface area contributed by atoms with Crippen molar-refractivity contribution in [1.29, 1.82) is 0 Å². The lowest BCUT2D eigenvalue weighted by Crippen LogP contribution is -2.41. The van der Waals surface area contributed by atoms with Crippen LogP contribution in [0.4, 0.5) is 0 Å². The van der Waals surface area contributed by atoms with Crippen LogP contribution in [-0.2, 0) is 4.79 Å². The second-order valence-corrected chi connectivity index (χ2v) is 5.48. The van der Waals surface area contributed by atoms with Crippen LogP contribution in [0.2, 0.25) is 0 Å². The number of ether oxygens (including phenoxy) is 2. The highest BCUT2D eigenvalue weighted by molar-refractivity contribution is 5.82. The maximum Gasteiger partial charge on any atom is 0.237 e. The van der Waals surface area contributed by atoms with Crippen molar-refractivity contribution in [1.82, 2.24) is 10.6 Å². The van der Waals surface area contributed by atoms with Crippen LogP contribution in [-0.4, -0.2) is 42.9 Å². The van der Waals surface area contributed by atoms with Crippen LogP contribution in [0.25, 0.3) is 0 Å². The van der Waals surface area contributed by atoms with Crippen LogP contribution >= 0.6 is 0 Å². The van der Waals surface area contributed by atoms with Gasteiger partial charge in [-0.05, 0) is 31.0 Å². The number of fused-ring (bicyclic) bond motifs is 1. The summed E-state index contributed by atoms with van der Waals surface area (Å²) < 4.78 is 11.0. The Hall–Kier alpha value is -1.79. The topological polar surface area (TPSA) is 79.8 Å². The van der Waals surface area contributed by atoms with Gasteiger partial charge in [-0.15, -0.1) is 0 Å². The van der Waals surface area contributed by atoms with Gasteiger partial charge in [-0.25, -0.2) is 0 Å². The van der Waals surface area contributed by atoms with Crippen molar-refractivity contribution >= 4 is 5.91 Å². The van der Waals surface area contributed by atoms with Crippen molar-refractivity contribution in [2.75, 3.05) is 19.8 Å². The third kappa shape index (κ3) is 3.11. The summed E-state index contributed by atoms with van der Waals surface area (Å²) in [6.07, 6.45) is 0.0185. The van der Waals surface area contributed by atoms with Gasteiger partial charge < -0.3 is 25.2 Å². The first kappa shape index (κ1) is 14.2. The number of benzene rings is 1. The van der Waals surface area contributed by atoms with Gasteiger partial charge in [0.05, 0.1) is 18.2 Å². The molecule has 3 atom stereocenters. The molecule has 0 spiro atoms. The molecule has 3 N–H and O–H groups in total. The first-order valence-corrected chi connectivity index (χ1v) is 7.25. The quantitative estimate of drug-likeness (QED) is 0.749. The van der Waals surface area contributed by atoms with Crippen molar-refractivity contribution in [3.63, 3.8) is 0 Å². The maximum absolute atomic E-state index is 12.1. The van der Waals surface area contributed by atoms with Crippen molar-refractivity contribution < 1.29 is 19.4 Å². The SMILES string of the molecule is C[C@H](NC(=O)[C@@H]1C[C@@H](O)CN1)c1ccc2c(c1)OCCO2. The molecular formula is C15H20N2O4. The molecule has 0 saturated carbocycles. The second-order valence-electron chi connectivity index (χ2n) is 5.48. The van der Waals surface area contributed by atoms with Gasteiger partial charge in [0.2, 0.25) is 5.91 Å². The molecule has 0 bridgehead atoms. The summed E-state index contributed by atoms with van der Waals surface area (Å²) in [5.41, 5.74) is 0.964. The summed E-state index contributed by atoms with van der Waals surface area (Å²) in [4.78, 5) is 12.1. The number of hydrogen-bond donors (Lipinski definition) is 3. The third-order valence-electron chi connectivity index (χ3n) is 3.85. The zero-order valence-corrected chi connectivity index (χ0v) is 12.0. The maximum atomic E-state index is 12.1. The van der Waals surface area contributed by atoms with Crippen molar-refractivity contribution in [2.24, 2.45) is 0 Å². The Labute approximate surface area is 123 Å². The normalized spacial score (nSPS) is 25.4. The Morgan fingerprint density at radius 3 is 2.86 bits per heavy atom. The molecule has 2 aliphatic heterocycles. The van der Waals surface area contributed by atoms with Gasteiger partial charge in [-0.1, -0.05) is 6.07 Å². The molecule has 0 aliphatic carbocycles. The molecule has 3 rings (SSSR count). The number of β-amino-alcohol motifs (C(OH)–C–C–N with tert-alkyl or cyclic N) is 1. The minimum Gasteiger partial charge on any atom is -0.486 e. The molecule has 2 aliphatic rings. The standard InChI is InChI=1S/C15H20N2O4/c1-9(17-15(19)12-7-11(18)8-16-12)10-2-3-13-14(6-10)21-5-4-20-13/h2-3,6,9,11-12,16,18H,4-5,7-8H2,1H3,(H,17,19)/t9-,11+,12-/m0/s1. The lowest BCUT2D eigenvalue weighted by Gasteiger charge is -2.22. The first-order valence-electron chi connectivity index (χ1n) is 7.25. The summed E-state index contributed by atoms with van der Waals surface area (Å²) in [6.45, 7) is 3.50. The molecule has 0 unspecified atom stereocenters. The van der Waals surface area contributed by atoms with Gasteiger partial charge in [-0.3, -0.25) is 4.79 Å². The first-order chi connectivity index (χ1) is 10.1. The molecule has 2 heterocycles. The molecule has 6 nitrogen and oxygen atoms in total. The van der Waals surface area contributed by atoms with Gasteiger partial charge in [0.15, 0.2) is 11.5 Å². The summed E-state index contributed by atoms with van der Waals surface area (Å²) in [5, 5.41) is 15.4. The van der Waals surface area contributed by atoms with E-state index in [0.29, 0.717) is 31.9 Å². The highest BCUT2D eigenvalue weighted by Gasteiger charge is 2.29. The average Bonchev–Trinajstić information content (AvgIpc) is 2.93. The van der Waals surface area contributed by atoms with E-state index in [1.807, 2.05) is 25.1 Å². The van der Waals surface area contributed by atoms with Crippen molar-refractivity contribution in [2.45, 2.75) is 31.5 Å². The average molecular weight is 292 g/mol. The largest absolute Gasteiger partial charge is 0.486 e. The second kappa shape index (κ2) is 5.91. The molecule has 114 valence electrons. The molecule has 1 amide bonds. The smallest absolute Gasteiger partial charge is 0.237 e. The van der Waals surface area contributed by atoms with Crippen LogP contribution in [0.1, 0.15) is 24.9 Å². The fourth-order valence-corrected chi connectivity index (χ4v) is 2.64. The monoisotopic (exact) mass is 292 g/mol. The lowest BCUT2D eigenvalue weighted by atomic mass is 10.1. The summed E-state index contributed by atoms with van der Waals surface area (Å²) in [7, 11) is 0. The third-order valence-corrected chi connectivity index (χ3v) is 3.85. The molecule has 21 heavy (non-hydrogen) atoms. The summed E-state index contributed by atoms with van der Waals surface area (Å²) in [6, 6.07) is 5.24. The highest BCUT2D eigenvalue weighted by Crippen LogP contribution is 2.32. The lowest BCUT2D eigenvalue weighted by molar-refractivity contribution is -0.123. The van der Waals surface area contributed by atoms with Gasteiger partial charge >= 0.3 is 0 Å². The predicted octanol–water partition coefficient (Wildman–Crippen LogP) is 0.358. The minimum atomic E-state index is -0.439. The van der Waals surface area contributed by atoms with E-state index in [0.717, 1.165) is 11.3 Å². The number of carbonyl (C=O) groups is 1. The number of hydrogen-bond acceptors (Lipinski definition) is 5. The number of rotatable bonds is 3. The van der Waals surface area contributed by atoms with Crippen LogP contribution in [0.5, 0.6) is 11.5 Å². The van der Waals surface area contributed by atoms with Crippen molar-refractivity contribution in [3.05, 3.63) is 23.8 Å². The number of aliphatic hydroxyl groups excluding tert-OH is 1. The number of carbonyl (C=O) groups excluding carboxylic acids is 1. The van der Waals surface area contributed by atoms with Gasteiger partial charge in [0.1, 0.15) is 13.2 Å². The van der Waals surface area contributed by atoms with E-state index in [2.05, 4.69) is 10.6 Å². The predicted molar refractivity (Wildman–Crippen MR) is 76.4 cm³/mol. The molecule has 0 radical (unpaired) electrons. The fourth-order valence-electron chi connectivity index (χ4n) is 2.64. The van der Waals surface area contributed by atoms with Crippen LogP contribution in [0.3, 0.4) is 0 Å². The van der Waals surface area contributed by atoms with Crippen LogP contribution in [0.15, 0.2) is 18.2 Å². The molecule has 1 saturated heterocycles. The Morgan fingerprint density at radius 1 is 1.38 bits per heavy atom. The molecular weight excluding hydrogens is 272 g/mol. The minimum absolute atomic E-state index is 0.0889. The van der Waals surface area contributed by atoms with E-state index in [1.54, 1.807) is 0 Å². The number of aliphatic hydroxyl groups is 1. The zero-order valence-electron chi connectivity index (χ0n) is 12.0. The molecule has 1 aromatic carbocycles. The fraction of sp³-hybridized carbons (Fsp3) is 0.533. The molecule has 1 aromatic rings. The Bertz CT molecular complexity index is 534. The van der Waals surface area contributed by atoms with Gasteiger partial charge in [0.25, 0.3) is 0 Å².